The van der Waals surface area contributed by atoms with Gasteiger partial charge in [-0.15, -0.1) is 0 Å². The maximum Gasteiger partial charge on any atom is 0.318 e. The molecule has 0 aromatic heterocycles. The van der Waals surface area contributed by atoms with Gasteiger partial charge in [0.25, 0.3) is 0 Å². The van der Waals surface area contributed by atoms with Crippen LogP contribution in [0.1, 0.15) is 17.2 Å². The zero-order valence-corrected chi connectivity index (χ0v) is 12.8. The molecule has 2 aromatic carbocycles. The van der Waals surface area contributed by atoms with Gasteiger partial charge in [-0.25, -0.2) is 4.79 Å². The fourth-order valence-corrected chi connectivity index (χ4v) is 2.16. The molecule has 0 bridgehead atoms. The number of nitrogens with one attached hydrogen (secondary N) is 2. The van der Waals surface area contributed by atoms with Gasteiger partial charge in [0, 0.05) is 6.54 Å². The van der Waals surface area contributed by atoms with Crippen LogP contribution in [0.2, 0.25) is 0 Å². The second-order valence-electron chi connectivity index (χ2n) is 4.93. The summed E-state index contributed by atoms with van der Waals surface area (Å²) in [5.41, 5.74) is 6.77. The lowest BCUT2D eigenvalue weighted by molar-refractivity contribution is -0.122. The van der Waals surface area contributed by atoms with Crippen molar-refractivity contribution in [2.75, 3.05) is 7.11 Å². The van der Waals surface area contributed by atoms with Crippen molar-refractivity contribution < 1.29 is 14.3 Å². The highest BCUT2D eigenvalue weighted by molar-refractivity contribution is 5.96. The molecule has 0 saturated carbocycles. The topological polar surface area (TPSA) is 93.4 Å². The van der Waals surface area contributed by atoms with Crippen molar-refractivity contribution in [3.8, 4) is 5.75 Å². The Balaban J connectivity index is 2.10. The van der Waals surface area contributed by atoms with Crippen LogP contribution in [-0.4, -0.2) is 19.0 Å². The summed E-state index contributed by atoms with van der Waals surface area (Å²) < 4.78 is 5.11. The fraction of sp³-hybridized carbons (Fsp3) is 0.176. The number of ether oxygens (including phenoxy) is 1. The molecule has 120 valence electrons. The summed E-state index contributed by atoms with van der Waals surface area (Å²) in [4.78, 5) is 23.1. The maximum absolute atomic E-state index is 12.2. The Bertz CT molecular complexity index is 657. The Labute approximate surface area is 134 Å². The number of hydrogen-bond acceptors (Lipinski definition) is 4. The highest BCUT2D eigenvalue weighted by Crippen LogP contribution is 2.15. The molecule has 0 aliphatic rings. The van der Waals surface area contributed by atoms with Crippen LogP contribution in [0, 0.1) is 0 Å². The molecule has 2 rings (SSSR count). The number of urea groups is 1. The fourth-order valence-electron chi connectivity index (χ4n) is 2.16. The number of amides is 3. The molecular formula is C17H19N3O3. The monoisotopic (exact) mass is 313 g/mol. The third-order valence-electron chi connectivity index (χ3n) is 3.31. The summed E-state index contributed by atoms with van der Waals surface area (Å²) in [7, 11) is 1.60. The minimum atomic E-state index is -0.873. The second kappa shape index (κ2) is 7.95. The lowest BCUT2D eigenvalue weighted by Gasteiger charge is -2.18. The van der Waals surface area contributed by atoms with E-state index in [0.717, 1.165) is 16.9 Å². The predicted octanol–water partition coefficient (Wildman–Crippen LogP) is 1.72. The van der Waals surface area contributed by atoms with Crippen molar-refractivity contribution in [3.63, 3.8) is 0 Å². The van der Waals surface area contributed by atoms with Gasteiger partial charge in [0.2, 0.25) is 5.91 Å². The first-order valence-electron chi connectivity index (χ1n) is 7.11. The van der Waals surface area contributed by atoms with Gasteiger partial charge in [-0.1, -0.05) is 42.5 Å². The predicted molar refractivity (Wildman–Crippen MR) is 86.7 cm³/mol. The molecule has 0 unspecified atom stereocenters. The number of nitrogens with two attached hydrogens (primary N) is 1. The molecule has 0 fully saturated rings. The van der Waals surface area contributed by atoms with E-state index in [0.29, 0.717) is 6.54 Å². The van der Waals surface area contributed by atoms with E-state index in [9.17, 15) is 9.59 Å². The van der Waals surface area contributed by atoms with Crippen LogP contribution in [0.25, 0.3) is 0 Å². The summed E-state index contributed by atoms with van der Waals surface area (Å²) in [6.45, 7) is 0.454. The Morgan fingerprint density at radius 3 is 2.30 bits per heavy atom. The van der Waals surface area contributed by atoms with Crippen molar-refractivity contribution >= 4 is 11.9 Å². The molecule has 0 radical (unpaired) electrons. The molecule has 0 aliphatic carbocycles. The number of carbonyl (C=O) groups excluding carboxylic acids is 2. The number of hydrogen-bond donors (Lipinski definition) is 3. The van der Waals surface area contributed by atoms with Crippen molar-refractivity contribution in [2.45, 2.75) is 12.6 Å². The minimum Gasteiger partial charge on any atom is -0.497 e. The van der Waals surface area contributed by atoms with Crippen LogP contribution in [0.4, 0.5) is 4.79 Å². The van der Waals surface area contributed by atoms with Crippen LogP contribution in [-0.2, 0) is 11.3 Å². The summed E-state index contributed by atoms with van der Waals surface area (Å²) in [5.74, 6) is 0.275. The van der Waals surface area contributed by atoms with Crippen LogP contribution in [0.3, 0.4) is 0 Å². The first kappa shape index (κ1) is 16.5. The average molecular weight is 313 g/mol. The van der Waals surface area contributed by atoms with Crippen LogP contribution in [0.5, 0.6) is 5.75 Å². The van der Waals surface area contributed by atoms with Gasteiger partial charge < -0.3 is 10.5 Å². The molecule has 6 heteroatoms. The third kappa shape index (κ3) is 4.82. The van der Waals surface area contributed by atoms with E-state index in [1.165, 1.54) is 0 Å². The second-order valence-corrected chi connectivity index (χ2v) is 4.93. The summed E-state index contributed by atoms with van der Waals surface area (Å²) in [6.07, 6.45) is 0. The number of primary amides is 1. The van der Waals surface area contributed by atoms with E-state index in [2.05, 4.69) is 10.6 Å². The van der Waals surface area contributed by atoms with Crippen molar-refractivity contribution in [2.24, 2.45) is 5.73 Å². The van der Waals surface area contributed by atoms with Crippen LogP contribution < -0.4 is 21.1 Å². The summed E-state index contributed by atoms with van der Waals surface area (Å²) >= 11 is 0. The molecular weight excluding hydrogens is 294 g/mol. The molecule has 6 nitrogen and oxygen atoms in total. The highest BCUT2D eigenvalue weighted by Gasteiger charge is 2.21. The van der Waals surface area contributed by atoms with Gasteiger partial charge in [-0.05, 0) is 23.3 Å². The summed E-state index contributed by atoms with van der Waals surface area (Å²) in [6, 6.07) is 15.1. The number of benzene rings is 2. The zero-order chi connectivity index (χ0) is 16.7. The first-order valence-corrected chi connectivity index (χ1v) is 7.11. The molecule has 0 spiro atoms. The molecule has 1 atom stereocenters. The Morgan fingerprint density at radius 2 is 1.74 bits per heavy atom. The molecule has 0 heterocycles. The summed E-state index contributed by atoms with van der Waals surface area (Å²) in [5, 5.41) is 5.25. The van der Waals surface area contributed by atoms with Crippen LogP contribution in [0.15, 0.2) is 54.6 Å². The average Bonchev–Trinajstić information content (AvgIpc) is 2.56. The molecule has 0 aliphatic heterocycles. The smallest absolute Gasteiger partial charge is 0.318 e. The van der Waals surface area contributed by atoms with Gasteiger partial charge in [-0.3, -0.25) is 15.4 Å². The highest BCUT2D eigenvalue weighted by atomic mass is 16.5. The lowest BCUT2D eigenvalue weighted by atomic mass is 10.1. The van der Waals surface area contributed by atoms with Crippen molar-refractivity contribution in [1.82, 2.24) is 10.6 Å². The van der Waals surface area contributed by atoms with E-state index < -0.39 is 18.0 Å². The maximum atomic E-state index is 12.2. The molecule has 0 saturated heterocycles. The van der Waals surface area contributed by atoms with Crippen molar-refractivity contribution in [1.29, 1.82) is 0 Å². The zero-order valence-electron chi connectivity index (χ0n) is 12.8. The molecule has 4 N–H and O–H groups in total. The Morgan fingerprint density at radius 1 is 1.09 bits per heavy atom. The lowest BCUT2D eigenvalue weighted by Crippen LogP contribution is -2.42. The molecule has 23 heavy (non-hydrogen) atoms. The minimum absolute atomic E-state index is 0.454. The van der Waals surface area contributed by atoms with E-state index in [1.807, 2.05) is 54.6 Å². The van der Waals surface area contributed by atoms with Gasteiger partial charge in [0.05, 0.1) is 7.11 Å². The quantitative estimate of drug-likeness (QED) is 0.757. The normalized spacial score (nSPS) is 11.5. The van der Waals surface area contributed by atoms with Crippen LogP contribution >= 0.6 is 0 Å². The van der Waals surface area contributed by atoms with E-state index >= 15 is 0 Å². The van der Waals surface area contributed by atoms with E-state index in [4.69, 9.17) is 10.5 Å². The Hall–Kier alpha value is -2.86. The van der Waals surface area contributed by atoms with E-state index in [1.54, 1.807) is 7.11 Å². The van der Waals surface area contributed by atoms with E-state index in [-0.39, 0.29) is 0 Å². The number of carbonyl (C=O) groups is 2. The van der Waals surface area contributed by atoms with Gasteiger partial charge in [-0.2, -0.15) is 0 Å². The number of methoxy groups -OCH3 is 1. The van der Waals surface area contributed by atoms with Gasteiger partial charge >= 0.3 is 6.03 Å². The molecule has 3 amide bonds. The van der Waals surface area contributed by atoms with Gasteiger partial charge in [0.1, 0.15) is 11.8 Å². The molecule has 2 aromatic rings. The third-order valence-corrected chi connectivity index (χ3v) is 3.31. The Kier molecular flexibility index (Phi) is 5.71. The van der Waals surface area contributed by atoms with Crippen molar-refractivity contribution in [3.05, 3.63) is 65.7 Å². The first-order chi connectivity index (χ1) is 11.1. The largest absolute Gasteiger partial charge is 0.497 e. The SMILES string of the molecule is COc1ccc(CN[C@@H](C(=O)NC(N)=O)c2ccccc2)cc1. The number of rotatable bonds is 6. The van der Waals surface area contributed by atoms with Gasteiger partial charge in [0.15, 0.2) is 0 Å². The standard InChI is InChI=1S/C17H19N3O3/c1-23-14-9-7-12(8-10-14)11-19-15(16(21)20-17(18)22)13-5-3-2-4-6-13/h2-10,15,19H,11H2,1H3,(H3,18,20,21,22)/t15-/m1/s1. The number of imide groups is 1.